The molecule has 0 saturated heterocycles. The maximum Gasteiger partial charge on any atom is 0.270 e. The summed E-state index contributed by atoms with van der Waals surface area (Å²) in [7, 11) is 1.68. The molecule has 0 bridgehead atoms. The normalized spacial score (nSPS) is 12.6. The van der Waals surface area contributed by atoms with Gasteiger partial charge in [-0.2, -0.15) is 10.2 Å². The maximum atomic E-state index is 14.0. The monoisotopic (exact) mass is 548 g/mol. The van der Waals surface area contributed by atoms with E-state index in [0.29, 0.717) is 17.1 Å². The first kappa shape index (κ1) is 27.5. The third-order valence-corrected chi connectivity index (χ3v) is 7.11. The Morgan fingerprint density at radius 1 is 0.902 bits per heavy atom. The van der Waals surface area contributed by atoms with E-state index in [-0.39, 0.29) is 5.91 Å². The van der Waals surface area contributed by atoms with Crippen LogP contribution in [0.1, 0.15) is 51.9 Å². The molecule has 0 aliphatic heterocycles. The molecule has 3 aromatic carbocycles. The van der Waals surface area contributed by atoms with E-state index in [2.05, 4.69) is 25.9 Å². The second-order valence-corrected chi connectivity index (χ2v) is 9.93. The molecule has 0 fully saturated rings. The maximum absolute atomic E-state index is 14.0. The summed E-state index contributed by atoms with van der Waals surface area (Å²) >= 11 is 0. The molecule has 9 heteroatoms. The number of amides is 2. The number of nitrogens with one attached hydrogen (secondary N) is 3. The van der Waals surface area contributed by atoms with Gasteiger partial charge in [-0.05, 0) is 48.7 Å². The molecular weight excluding hydrogens is 516 g/mol. The van der Waals surface area contributed by atoms with Crippen molar-refractivity contribution in [1.29, 1.82) is 0 Å². The fourth-order valence-corrected chi connectivity index (χ4v) is 5.07. The highest BCUT2D eigenvalue weighted by Crippen LogP contribution is 2.32. The third kappa shape index (κ3) is 5.95. The standard InChI is InChI=1S/C32H32N6O3/c1-20-27(29(21(2)39)37-36-20)24-14-16-25(17-15-24)34-32(41)30(35-31(40)26-18-19-33-38(26)3)28(22-10-6-4-7-11-22)23-12-8-5-9-13-23/h4-19,21,28,30,39H,1-3H3,(H,34,41)(H,35,40)(H,36,37)/t21?,30-/m0/s1. The fraction of sp³-hybridized carbons (Fsp3) is 0.188. The number of aromatic amines is 1. The lowest BCUT2D eigenvalue weighted by atomic mass is 9.84. The highest BCUT2D eigenvalue weighted by molar-refractivity contribution is 6.01. The molecule has 2 atom stereocenters. The van der Waals surface area contributed by atoms with E-state index < -0.39 is 24.0 Å². The van der Waals surface area contributed by atoms with Gasteiger partial charge in [-0.25, -0.2) is 0 Å². The number of rotatable bonds is 9. The smallest absolute Gasteiger partial charge is 0.270 e. The van der Waals surface area contributed by atoms with Crippen LogP contribution in [0, 0.1) is 6.92 Å². The molecule has 2 heterocycles. The summed E-state index contributed by atoms with van der Waals surface area (Å²) < 4.78 is 1.47. The lowest BCUT2D eigenvalue weighted by Crippen LogP contribution is -2.48. The molecule has 4 N–H and O–H groups in total. The molecule has 5 aromatic rings. The van der Waals surface area contributed by atoms with Crippen LogP contribution in [-0.2, 0) is 11.8 Å². The van der Waals surface area contributed by atoms with Crippen molar-refractivity contribution in [3.8, 4) is 11.1 Å². The lowest BCUT2D eigenvalue weighted by molar-refractivity contribution is -0.118. The Hall–Kier alpha value is -5.02. The van der Waals surface area contributed by atoms with Crippen LogP contribution >= 0.6 is 0 Å². The number of aromatic nitrogens is 4. The van der Waals surface area contributed by atoms with Crippen molar-refractivity contribution in [2.24, 2.45) is 7.05 Å². The van der Waals surface area contributed by atoms with E-state index in [1.807, 2.05) is 79.7 Å². The quantitative estimate of drug-likeness (QED) is 0.212. The fourth-order valence-electron chi connectivity index (χ4n) is 5.07. The SMILES string of the molecule is Cc1n[nH]c(C(C)O)c1-c1ccc(NC(=O)[C@@H](NC(=O)c2ccnn2C)C(c2ccccc2)c2ccccc2)cc1. The van der Waals surface area contributed by atoms with Crippen molar-refractivity contribution >= 4 is 17.5 Å². The predicted molar refractivity (Wildman–Crippen MR) is 157 cm³/mol. The zero-order chi connectivity index (χ0) is 28.9. The number of hydrogen-bond acceptors (Lipinski definition) is 5. The van der Waals surface area contributed by atoms with Gasteiger partial charge in [-0.1, -0.05) is 72.8 Å². The Morgan fingerprint density at radius 3 is 2.05 bits per heavy atom. The molecule has 2 aromatic heterocycles. The van der Waals surface area contributed by atoms with Crippen LogP contribution in [0.15, 0.2) is 97.2 Å². The summed E-state index contributed by atoms with van der Waals surface area (Å²) in [4.78, 5) is 27.4. The molecule has 5 rings (SSSR count). The van der Waals surface area contributed by atoms with Crippen LogP contribution in [0.5, 0.6) is 0 Å². The Labute approximate surface area is 238 Å². The van der Waals surface area contributed by atoms with Gasteiger partial charge in [-0.3, -0.25) is 19.4 Å². The molecule has 2 amide bonds. The Balaban J connectivity index is 1.49. The first-order chi connectivity index (χ1) is 19.8. The number of aliphatic hydroxyl groups is 1. The van der Waals surface area contributed by atoms with E-state index in [1.165, 1.54) is 4.68 Å². The first-order valence-corrected chi connectivity index (χ1v) is 13.4. The molecule has 1 unspecified atom stereocenters. The van der Waals surface area contributed by atoms with Gasteiger partial charge < -0.3 is 15.7 Å². The first-order valence-electron chi connectivity index (χ1n) is 13.4. The predicted octanol–water partition coefficient (Wildman–Crippen LogP) is 4.74. The van der Waals surface area contributed by atoms with Gasteiger partial charge in [0.15, 0.2) is 0 Å². The summed E-state index contributed by atoms with van der Waals surface area (Å²) in [6, 6.07) is 27.3. The Morgan fingerprint density at radius 2 is 1.51 bits per heavy atom. The van der Waals surface area contributed by atoms with E-state index in [9.17, 15) is 14.7 Å². The highest BCUT2D eigenvalue weighted by atomic mass is 16.3. The Kier molecular flexibility index (Phi) is 8.07. The second-order valence-electron chi connectivity index (χ2n) is 9.93. The van der Waals surface area contributed by atoms with Gasteiger partial charge in [0.1, 0.15) is 11.7 Å². The van der Waals surface area contributed by atoms with E-state index in [4.69, 9.17) is 0 Å². The zero-order valence-corrected chi connectivity index (χ0v) is 23.1. The number of benzene rings is 3. The van der Waals surface area contributed by atoms with Crippen molar-refractivity contribution in [3.63, 3.8) is 0 Å². The van der Waals surface area contributed by atoms with E-state index >= 15 is 0 Å². The van der Waals surface area contributed by atoms with Crippen molar-refractivity contribution in [3.05, 3.63) is 125 Å². The van der Waals surface area contributed by atoms with E-state index in [0.717, 1.165) is 27.9 Å². The van der Waals surface area contributed by atoms with Crippen LogP contribution in [0.4, 0.5) is 5.69 Å². The minimum absolute atomic E-state index is 0.344. The molecular formula is C32H32N6O3. The zero-order valence-electron chi connectivity index (χ0n) is 23.1. The summed E-state index contributed by atoms with van der Waals surface area (Å²) in [6.45, 7) is 3.55. The van der Waals surface area contributed by atoms with Crippen LogP contribution in [0.2, 0.25) is 0 Å². The Bertz CT molecular complexity index is 1590. The number of anilines is 1. The van der Waals surface area contributed by atoms with Gasteiger partial charge >= 0.3 is 0 Å². The number of nitrogens with zero attached hydrogens (tertiary/aromatic N) is 3. The van der Waals surface area contributed by atoms with Crippen molar-refractivity contribution in [1.82, 2.24) is 25.3 Å². The number of carbonyl (C=O) groups is 2. The van der Waals surface area contributed by atoms with Crippen molar-refractivity contribution < 1.29 is 14.7 Å². The molecule has 0 aliphatic carbocycles. The lowest BCUT2D eigenvalue weighted by Gasteiger charge is -2.28. The third-order valence-electron chi connectivity index (χ3n) is 7.11. The average molecular weight is 549 g/mol. The number of aryl methyl sites for hydroxylation is 2. The van der Waals surface area contributed by atoms with Crippen LogP contribution in [0.3, 0.4) is 0 Å². The van der Waals surface area contributed by atoms with Crippen molar-refractivity contribution in [2.45, 2.75) is 31.9 Å². The minimum atomic E-state index is -0.945. The molecule has 9 nitrogen and oxygen atoms in total. The second kappa shape index (κ2) is 12.0. The molecule has 0 spiro atoms. The molecule has 0 radical (unpaired) electrons. The topological polar surface area (TPSA) is 125 Å². The number of H-pyrrole nitrogens is 1. The summed E-state index contributed by atoms with van der Waals surface area (Å²) in [6.07, 6.45) is 0.838. The highest BCUT2D eigenvalue weighted by Gasteiger charge is 2.33. The van der Waals surface area contributed by atoms with Gasteiger partial charge in [-0.15, -0.1) is 0 Å². The van der Waals surface area contributed by atoms with Crippen LogP contribution in [-0.4, -0.2) is 42.9 Å². The van der Waals surface area contributed by atoms with E-state index in [1.54, 1.807) is 38.4 Å². The van der Waals surface area contributed by atoms with Crippen molar-refractivity contribution in [2.75, 3.05) is 5.32 Å². The number of carbonyl (C=O) groups excluding carboxylic acids is 2. The number of hydrogen-bond donors (Lipinski definition) is 4. The summed E-state index contributed by atoms with van der Waals surface area (Å²) in [5.74, 6) is -1.23. The minimum Gasteiger partial charge on any atom is -0.387 e. The molecule has 208 valence electrons. The van der Waals surface area contributed by atoms with Gasteiger partial charge in [0.2, 0.25) is 5.91 Å². The van der Waals surface area contributed by atoms with Gasteiger partial charge in [0.25, 0.3) is 5.91 Å². The van der Waals surface area contributed by atoms with Gasteiger partial charge in [0.05, 0.1) is 17.5 Å². The van der Waals surface area contributed by atoms with Crippen LogP contribution < -0.4 is 10.6 Å². The summed E-state index contributed by atoms with van der Waals surface area (Å²) in [5.41, 5.74) is 5.77. The van der Waals surface area contributed by atoms with Crippen LogP contribution in [0.25, 0.3) is 11.1 Å². The molecule has 0 saturated carbocycles. The summed E-state index contributed by atoms with van der Waals surface area (Å²) in [5, 5.41) is 27.4. The largest absolute Gasteiger partial charge is 0.387 e. The molecule has 41 heavy (non-hydrogen) atoms. The average Bonchev–Trinajstić information content (AvgIpc) is 3.59. The molecule has 0 aliphatic rings. The van der Waals surface area contributed by atoms with Gasteiger partial charge in [0, 0.05) is 30.4 Å². The number of aliphatic hydroxyl groups excluding tert-OH is 1.